The van der Waals surface area contributed by atoms with Gasteiger partial charge in [-0.25, -0.2) is 4.98 Å². The van der Waals surface area contributed by atoms with Crippen LogP contribution in [-0.2, 0) is 0 Å². The van der Waals surface area contributed by atoms with Crippen molar-refractivity contribution in [3.8, 4) is 5.75 Å². The number of ether oxygens (including phenoxy) is 1. The number of anilines is 1. The number of nitrogens with one attached hydrogen (secondary N) is 2. The van der Waals surface area contributed by atoms with E-state index >= 15 is 0 Å². The molecular weight excluding hydrogens is 346 g/mol. The lowest BCUT2D eigenvalue weighted by molar-refractivity contribution is 0.0977. The maximum atomic E-state index is 12.2. The smallest absolute Gasteiger partial charge is 0.257 e. The van der Waals surface area contributed by atoms with Crippen LogP contribution in [0, 0.1) is 5.92 Å². The van der Waals surface area contributed by atoms with Crippen LogP contribution in [0.1, 0.15) is 24.2 Å². The number of benzene rings is 1. The second-order valence-electron chi connectivity index (χ2n) is 5.51. The van der Waals surface area contributed by atoms with Crippen molar-refractivity contribution in [1.29, 1.82) is 0 Å². The largest absolute Gasteiger partial charge is 0.493 e. The Labute approximate surface area is 151 Å². The molecule has 7 heteroatoms. The molecule has 0 unspecified atom stereocenters. The van der Waals surface area contributed by atoms with E-state index in [9.17, 15) is 4.79 Å². The van der Waals surface area contributed by atoms with Gasteiger partial charge in [0.25, 0.3) is 5.91 Å². The van der Waals surface area contributed by atoms with Crippen LogP contribution in [0.4, 0.5) is 5.69 Å². The van der Waals surface area contributed by atoms with Gasteiger partial charge < -0.3 is 10.1 Å². The van der Waals surface area contributed by atoms with E-state index in [0.29, 0.717) is 28.9 Å². The first-order valence-corrected chi connectivity index (χ1v) is 8.19. The summed E-state index contributed by atoms with van der Waals surface area (Å²) in [5.74, 6) is 0.872. The van der Waals surface area contributed by atoms with E-state index in [2.05, 4.69) is 29.5 Å². The highest BCUT2D eigenvalue weighted by atomic mass is 35.5. The minimum Gasteiger partial charge on any atom is -0.493 e. The molecule has 0 saturated heterocycles. The Kier molecular flexibility index (Phi) is 6.52. The minimum absolute atomic E-state index is 0.184. The number of halogens is 1. The first-order valence-electron chi connectivity index (χ1n) is 7.41. The molecule has 24 heavy (non-hydrogen) atoms. The lowest BCUT2D eigenvalue weighted by Gasteiger charge is -2.11. The van der Waals surface area contributed by atoms with Crippen molar-refractivity contribution in [2.24, 2.45) is 5.92 Å². The second-order valence-corrected chi connectivity index (χ2v) is 6.30. The fourth-order valence-corrected chi connectivity index (χ4v) is 2.08. The van der Waals surface area contributed by atoms with E-state index < -0.39 is 0 Å². The van der Waals surface area contributed by atoms with Gasteiger partial charge in [0.2, 0.25) is 0 Å². The molecule has 0 aliphatic heterocycles. The van der Waals surface area contributed by atoms with Gasteiger partial charge in [0, 0.05) is 5.56 Å². The Hall–Kier alpha value is -2.18. The lowest BCUT2D eigenvalue weighted by atomic mass is 10.2. The van der Waals surface area contributed by atoms with Crippen LogP contribution in [0.5, 0.6) is 5.75 Å². The summed E-state index contributed by atoms with van der Waals surface area (Å²) in [6, 6.07) is 10.3. The van der Waals surface area contributed by atoms with Crippen molar-refractivity contribution >= 4 is 40.5 Å². The van der Waals surface area contributed by atoms with Crippen molar-refractivity contribution in [3.05, 3.63) is 53.3 Å². The van der Waals surface area contributed by atoms with E-state index in [-0.39, 0.29) is 11.0 Å². The molecular formula is C17H18ClN3O2S. The van der Waals surface area contributed by atoms with Gasteiger partial charge >= 0.3 is 0 Å². The molecule has 1 aromatic heterocycles. The molecule has 5 nitrogen and oxygen atoms in total. The third-order valence-corrected chi connectivity index (χ3v) is 3.34. The Morgan fingerprint density at radius 2 is 1.96 bits per heavy atom. The zero-order chi connectivity index (χ0) is 17.5. The van der Waals surface area contributed by atoms with Crippen molar-refractivity contribution in [2.75, 3.05) is 11.9 Å². The maximum Gasteiger partial charge on any atom is 0.257 e. The van der Waals surface area contributed by atoms with Crippen LogP contribution >= 0.6 is 23.8 Å². The summed E-state index contributed by atoms with van der Waals surface area (Å²) in [6.45, 7) is 4.78. The van der Waals surface area contributed by atoms with Gasteiger partial charge in [-0.1, -0.05) is 25.4 Å². The molecule has 126 valence electrons. The lowest BCUT2D eigenvalue weighted by Crippen LogP contribution is -2.34. The molecule has 2 aromatic rings. The number of pyridine rings is 1. The molecule has 0 fully saturated rings. The normalized spacial score (nSPS) is 10.3. The van der Waals surface area contributed by atoms with Crippen LogP contribution < -0.4 is 15.4 Å². The van der Waals surface area contributed by atoms with Crippen LogP contribution in [0.3, 0.4) is 0 Å². The number of hydrogen-bond donors (Lipinski definition) is 2. The zero-order valence-corrected chi connectivity index (χ0v) is 14.9. The number of rotatable bonds is 5. The molecule has 0 aliphatic carbocycles. The minimum atomic E-state index is -0.301. The van der Waals surface area contributed by atoms with E-state index in [1.807, 2.05) is 0 Å². The highest BCUT2D eigenvalue weighted by Gasteiger charge is 2.08. The van der Waals surface area contributed by atoms with E-state index in [0.717, 1.165) is 5.75 Å². The molecule has 1 aromatic carbocycles. The first kappa shape index (κ1) is 18.2. The summed E-state index contributed by atoms with van der Waals surface area (Å²) < 4.78 is 5.58. The van der Waals surface area contributed by atoms with Crippen molar-refractivity contribution in [2.45, 2.75) is 13.8 Å². The average Bonchev–Trinajstić information content (AvgIpc) is 2.55. The summed E-state index contributed by atoms with van der Waals surface area (Å²) in [5.41, 5.74) is 1.13. The van der Waals surface area contributed by atoms with Crippen molar-refractivity contribution < 1.29 is 9.53 Å². The number of aromatic nitrogens is 1. The topological polar surface area (TPSA) is 63.2 Å². The molecule has 0 aliphatic rings. The Balaban J connectivity index is 1.89. The number of thiocarbonyl (C=S) groups is 1. The fourth-order valence-electron chi connectivity index (χ4n) is 1.75. The summed E-state index contributed by atoms with van der Waals surface area (Å²) in [7, 11) is 0. The molecule has 0 radical (unpaired) electrons. The van der Waals surface area contributed by atoms with Crippen LogP contribution in [-0.4, -0.2) is 22.6 Å². The van der Waals surface area contributed by atoms with E-state index in [4.69, 9.17) is 28.6 Å². The predicted molar refractivity (Wildman–Crippen MR) is 99.7 cm³/mol. The number of carbonyl (C=O) groups excluding carboxylic acids is 1. The number of amides is 1. The Bertz CT molecular complexity index is 703. The number of hydrogen-bond acceptors (Lipinski definition) is 4. The molecule has 1 amide bonds. The summed E-state index contributed by atoms with van der Waals surface area (Å²) in [4.78, 5) is 16.1. The van der Waals surface area contributed by atoms with Gasteiger partial charge in [0.15, 0.2) is 5.11 Å². The summed E-state index contributed by atoms with van der Waals surface area (Å²) in [5, 5.41) is 6.05. The second kappa shape index (κ2) is 8.61. The molecule has 1 heterocycles. The third kappa shape index (κ3) is 5.79. The number of carbonyl (C=O) groups is 1. The molecule has 0 bridgehead atoms. The van der Waals surface area contributed by atoms with Crippen LogP contribution in [0.2, 0.25) is 5.15 Å². The first-order chi connectivity index (χ1) is 11.4. The van der Waals surface area contributed by atoms with Gasteiger partial charge in [0.05, 0.1) is 18.5 Å². The highest BCUT2D eigenvalue weighted by Crippen LogP contribution is 2.13. The predicted octanol–water partition coefficient (Wildman–Crippen LogP) is 3.90. The number of nitrogens with zero attached hydrogens (tertiary/aromatic N) is 1. The fraction of sp³-hybridized carbons (Fsp3) is 0.235. The molecule has 0 spiro atoms. The zero-order valence-electron chi connectivity index (χ0n) is 13.4. The molecule has 0 atom stereocenters. The Morgan fingerprint density at radius 1 is 1.25 bits per heavy atom. The van der Waals surface area contributed by atoms with Gasteiger partial charge in [-0.05, 0) is 54.5 Å². The molecule has 2 N–H and O–H groups in total. The van der Waals surface area contributed by atoms with Gasteiger partial charge in [0.1, 0.15) is 10.9 Å². The van der Waals surface area contributed by atoms with E-state index in [1.54, 1.807) is 36.4 Å². The summed E-state index contributed by atoms with van der Waals surface area (Å²) >= 11 is 10.8. The third-order valence-electron chi connectivity index (χ3n) is 2.91. The maximum absolute atomic E-state index is 12.2. The summed E-state index contributed by atoms with van der Waals surface area (Å²) in [6.07, 6.45) is 1.53. The van der Waals surface area contributed by atoms with Gasteiger partial charge in [-0.15, -0.1) is 0 Å². The molecule has 2 rings (SSSR count). The van der Waals surface area contributed by atoms with Crippen molar-refractivity contribution in [1.82, 2.24) is 10.3 Å². The van der Waals surface area contributed by atoms with Crippen LogP contribution in [0.25, 0.3) is 0 Å². The average molecular weight is 364 g/mol. The van der Waals surface area contributed by atoms with E-state index in [1.165, 1.54) is 6.20 Å². The standard InChI is InChI=1S/C17H18ClN3O2S/c1-11(2)10-23-14-6-3-12(4-7-14)16(22)21-17(24)20-13-5-8-15(18)19-9-13/h3-9,11H,10H2,1-2H3,(H2,20,21,22,24). The van der Waals surface area contributed by atoms with Crippen LogP contribution in [0.15, 0.2) is 42.6 Å². The van der Waals surface area contributed by atoms with Gasteiger partial charge in [-0.3, -0.25) is 10.1 Å². The monoisotopic (exact) mass is 363 g/mol. The SMILES string of the molecule is CC(C)COc1ccc(C(=O)NC(=S)Nc2ccc(Cl)nc2)cc1. The van der Waals surface area contributed by atoms with Gasteiger partial charge in [-0.2, -0.15) is 0 Å². The highest BCUT2D eigenvalue weighted by molar-refractivity contribution is 7.80. The Morgan fingerprint density at radius 3 is 2.54 bits per heavy atom. The van der Waals surface area contributed by atoms with Crippen molar-refractivity contribution in [3.63, 3.8) is 0 Å². The quantitative estimate of drug-likeness (QED) is 0.623. The molecule has 0 saturated carbocycles.